The van der Waals surface area contributed by atoms with E-state index < -0.39 is 11.7 Å². The number of anilines is 3. The highest BCUT2D eigenvalue weighted by atomic mass is 19.1. The molecule has 2 saturated carbocycles. The zero-order valence-electron chi connectivity index (χ0n) is 20.0. The molecule has 0 radical (unpaired) electrons. The maximum Gasteiger partial charge on any atom is 0.252 e. The van der Waals surface area contributed by atoms with Crippen molar-refractivity contribution in [2.24, 2.45) is 17.4 Å². The number of benzene rings is 1. The predicted molar refractivity (Wildman–Crippen MR) is 138 cm³/mol. The zero-order valence-corrected chi connectivity index (χ0v) is 20.0. The second-order valence-corrected chi connectivity index (χ2v) is 9.62. The van der Waals surface area contributed by atoms with Crippen LogP contribution in [-0.2, 0) is 0 Å². The number of nitrogens with one attached hydrogen (secondary N) is 2. The van der Waals surface area contributed by atoms with Gasteiger partial charge >= 0.3 is 0 Å². The molecule has 1 amide bonds. The maximum atomic E-state index is 14.8. The maximum absolute atomic E-state index is 14.8. The second kappa shape index (κ2) is 10.5. The Hall–Kier alpha value is -3.72. The molecule has 188 valence electrons. The van der Waals surface area contributed by atoms with Gasteiger partial charge in [-0.05, 0) is 49.8 Å². The highest BCUT2D eigenvalue weighted by molar-refractivity contribution is 5.98. The fourth-order valence-corrected chi connectivity index (χ4v) is 4.50. The fraction of sp³-hybridized carbons (Fsp3) is 0.370. The van der Waals surface area contributed by atoms with Gasteiger partial charge in [0, 0.05) is 29.4 Å². The first-order chi connectivity index (χ1) is 17.5. The van der Waals surface area contributed by atoms with Crippen molar-refractivity contribution >= 4 is 23.2 Å². The topological polar surface area (TPSA) is 128 Å². The first-order valence-corrected chi connectivity index (χ1v) is 12.4. The van der Waals surface area contributed by atoms with E-state index in [1.165, 1.54) is 12.8 Å². The van der Waals surface area contributed by atoms with E-state index in [2.05, 4.69) is 20.6 Å². The van der Waals surface area contributed by atoms with Crippen LogP contribution in [0.5, 0.6) is 5.75 Å². The lowest BCUT2D eigenvalue weighted by atomic mass is 9.91. The Morgan fingerprint density at radius 3 is 2.67 bits per heavy atom. The third-order valence-corrected chi connectivity index (χ3v) is 6.75. The minimum atomic E-state index is -0.784. The summed E-state index contributed by atoms with van der Waals surface area (Å²) in [4.78, 5) is 20.8. The lowest BCUT2D eigenvalue weighted by Crippen LogP contribution is -2.43. The Morgan fingerprint density at radius 2 is 1.89 bits per heavy atom. The summed E-state index contributed by atoms with van der Waals surface area (Å²) in [5, 5.41) is 6.24. The number of amides is 1. The number of rotatable bonds is 9. The second-order valence-electron chi connectivity index (χ2n) is 9.62. The van der Waals surface area contributed by atoms with Gasteiger partial charge in [0.25, 0.3) is 5.91 Å². The fourth-order valence-electron chi connectivity index (χ4n) is 4.50. The van der Waals surface area contributed by atoms with Crippen LogP contribution in [0.3, 0.4) is 0 Å². The molecule has 3 aromatic rings. The number of primary amides is 1. The molecule has 1 aromatic carbocycles. The molecule has 5 rings (SSSR count). The van der Waals surface area contributed by atoms with Crippen molar-refractivity contribution in [3.63, 3.8) is 0 Å². The van der Waals surface area contributed by atoms with Crippen LogP contribution in [0, 0.1) is 11.7 Å². The van der Waals surface area contributed by atoms with Gasteiger partial charge in [-0.3, -0.25) is 9.78 Å². The summed E-state index contributed by atoms with van der Waals surface area (Å²) < 4.78 is 20.9. The Bertz CT molecular complexity index is 1250. The van der Waals surface area contributed by atoms with Gasteiger partial charge in [-0.2, -0.15) is 0 Å². The van der Waals surface area contributed by atoms with Crippen molar-refractivity contribution in [2.75, 3.05) is 17.2 Å². The molecule has 2 aromatic heterocycles. The average molecular weight is 491 g/mol. The van der Waals surface area contributed by atoms with E-state index in [1.807, 2.05) is 30.3 Å². The number of para-hydroxylation sites is 1. The van der Waals surface area contributed by atoms with E-state index in [0.29, 0.717) is 18.2 Å². The first-order valence-electron chi connectivity index (χ1n) is 12.4. The zero-order chi connectivity index (χ0) is 25.1. The molecule has 6 N–H and O–H groups in total. The number of carbonyl (C=O) groups excluding carboxylic acids is 1. The van der Waals surface area contributed by atoms with Gasteiger partial charge in [-0.25, -0.2) is 9.37 Å². The highest BCUT2D eigenvalue weighted by Crippen LogP contribution is 2.35. The molecule has 0 spiro atoms. The van der Waals surface area contributed by atoms with Gasteiger partial charge in [0.1, 0.15) is 11.6 Å². The van der Waals surface area contributed by atoms with Crippen LogP contribution in [0.4, 0.5) is 21.7 Å². The molecule has 2 aliphatic rings. The van der Waals surface area contributed by atoms with E-state index in [4.69, 9.17) is 16.2 Å². The van der Waals surface area contributed by atoms with Gasteiger partial charge in [0.15, 0.2) is 11.6 Å². The van der Waals surface area contributed by atoms with Gasteiger partial charge in [-0.1, -0.05) is 31.0 Å². The number of carbonyl (C=O) groups is 1. The highest BCUT2D eigenvalue weighted by Gasteiger charge is 2.25. The Kier molecular flexibility index (Phi) is 6.99. The van der Waals surface area contributed by atoms with Crippen molar-refractivity contribution in [3.8, 4) is 16.9 Å². The van der Waals surface area contributed by atoms with Crippen LogP contribution < -0.4 is 26.8 Å². The normalized spacial score (nSPS) is 19.5. The largest absolute Gasteiger partial charge is 0.493 e. The number of aromatic nitrogens is 2. The van der Waals surface area contributed by atoms with Gasteiger partial charge in [-0.15, -0.1) is 0 Å². The number of halogens is 1. The van der Waals surface area contributed by atoms with Crippen molar-refractivity contribution in [1.29, 1.82) is 0 Å². The first kappa shape index (κ1) is 24.0. The van der Waals surface area contributed by atoms with Gasteiger partial charge in [0.2, 0.25) is 0 Å². The number of ether oxygens (including phenoxy) is 1. The number of nitrogens with zero attached hydrogens (tertiary/aromatic N) is 2. The smallest absolute Gasteiger partial charge is 0.252 e. The molecule has 2 aliphatic carbocycles. The quantitative estimate of drug-likeness (QED) is 0.345. The monoisotopic (exact) mass is 490 g/mol. The van der Waals surface area contributed by atoms with E-state index in [9.17, 15) is 9.18 Å². The summed E-state index contributed by atoms with van der Waals surface area (Å²) >= 11 is 0. The standard InChI is InChI=1S/C27H31FN6O2/c28-21-12-20(25(30)35)26(34-27(21)33-23-7-3-2-6-22(23)29)32-18-11-17(13-31-14-18)19-5-1-4-8-24(19)36-15-16-9-10-16/h1,4-5,8,11-14,16,22-23H,2-3,6-7,9-10,15,29H2,(H2,30,35)(H2,32,33,34). The van der Waals surface area contributed by atoms with Gasteiger partial charge in [0.05, 0.1) is 24.1 Å². The summed E-state index contributed by atoms with van der Waals surface area (Å²) in [6, 6.07) is 10.6. The molecular formula is C27H31FN6O2. The number of hydrogen-bond acceptors (Lipinski definition) is 7. The Balaban J connectivity index is 1.42. The van der Waals surface area contributed by atoms with E-state index in [-0.39, 0.29) is 29.3 Å². The number of hydrogen-bond donors (Lipinski definition) is 4. The molecule has 8 nitrogen and oxygen atoms in total. The summed E-state index contributed by atoms with van der Waals surface area (Å²) in [7, 11) is 0. The summed E-state index contributed by atoms with van der Waals surface area (Å²) in [5.41, 5.74) is 14.0. The lowest BCUT2D eigenvalue weighted by molar-refractivity contribution is 0.100. The number of nitrogens with two attached hydrogens (primary N) is 2. The Labute approximate surface area is 209 Å². The lowest BCUT2D eigenvalue weighted by Gasteiger charge is -2.30. The van der Waals surface area contributed by atoms with Crippen molar-refractivity contribution in [1.82, 2.24) is 9.97 Å². The molecule has 0 bridgehead atoms. The third kappa shape index (κ3) is 5.57. The molecule has 0 aliphatic heterocycles. The molecule has 2 fully saturated rings. The third-order valence-electron chi connectivity index (χ3n) is 6.75. The van der Waals surface area contributed by atoms with E-state index in [0.717, 1.165) is 48.6 Å². The molecule has 36 heavy (non-hydrogen) atoms. The van der Waals surface area contributed by atoms with E-state index in [1.54, 1.807) is 12.4 Å². The summed E-state index contributed by atoms with van der Waals surface area (Å²) in [5.74, 6) is 0.164. The van der Waals surface area contributed by atoms with Crippen molar-refractivity contribution < 1.29 is 13.9 Å². The summed E-state index contributed by atoms with van der Waals surface area (Å²) in [6.07, 6.45) is 9.54. The molecule has 2 atom stereocenters. The molecule has 2 heterocycles. The summed E-state index contributed by atoms with van der Waals surface area (Å²) in [6.45, 7) is 0.699. The van der Waals surface area contributed by atoms with Crippen LogP contribution >= 0.6 is 0 Å². The molecule has 2 unspecified atom stereocenters. The minimum Gasteiger partial charge on any atom is -0.493 e. The van der Waals surface area contributed by atoms with Crippen LogP contribution in [-0.4, -0.2) is 34.6 Å². The van der Waals surface area contributed by atoms with Crippen LogP contribution in [0.25, 0.3) is 11.1 Å². The van der Waals surface area contributed by atoms with Crippen LogP contribution in [0.15, 0.2) is 48.8 Å². The molecule has 9 heteroatoms. The predicted octanol–water partition coefficient (Wildman–Crippen LogP) is 4.60. The SMILES string of the molecule is NC(=O)c1cc(F)c(NC2CCCCC2N)nc1Nc1cncc(-c2ccccc2OCC2CC2)c1. The average Bonchev–Trinajstić information content (AvgIpc) is 3.71. The van der Waals surface area contributed by atoms with Crippen LogP contribution in [0.2, 0.25) is 0 Å². The minimum absolute atomic E-state index is 0.0350. The van der Waals surface area contributed by atoms with Crippen LogP contribution in [0.1, 0.15) is 48.9 Å². The van der Waals surface area contributed by atoms with Crippen molar-refractivity contribution in [2.45, 2.75) is 50.6 Å². The molecule has 0 saturated heterocycles. The van der Waals surface area contributed by atoms with Gasteiger partial charge < -0.3 is 26.8 Å². The van der Waals surface area contributed by atoms with E-state index >= 15 is 0 Å². The number of pyridine rings is 2. The van der Waals surface area contributed by atoms with Crippen molar-refractivity contribution in [3.05, 3.63) is 60.2 Å². The molecular weight excluding hydrogens is 459 g/mol. The Morgan fingerprint density at radius 1 is 1.08 bits per heavy atom.